The first-order chi connectivity index (χ1) is 11.7. The van der Waals surface area contributed by atoms with Gasteiger partial charge >= 0.3 is 0 Å². The highest BCUT2D eigenvalue weighted by molar-refractivity contribution is 8.00. The Morgan fingerprint density at radius 2 is 1.62 bits per heavy atom. The van der Waals surface area contributed by atoms with Crippen LogP contribution in [-0.4, -0.2) is 31.4 Å². The number of aryl methyl sites for hydroxylation is 1. The van der Waals surface area contributed by atoms with Gasteiger partial charge in [-0.3, -0.25) is 4.79 Å². The first-order valence-electron chi connectivity index (χ1n) is 7.99. The van der Waals surface area contributed by atoms with Crippen LogP contribution in [0.25, 0.3) is 0 Å². The monoisotopic (exact) mass is 345 g/mol. The number of ether oxygens (including phenoxy) is 2. The van der Waals surface area contributed by atoms with Crippen LogP contribution in [0.1, 0.15) is 12.5 Å². The first kappa shape index (κ1) is 18.2. The predicted octanol–water partition coefficient (Wildman–Crippen LogP) is 3.68. The van der Waals surface area contributed by atoms with Crippen molar-refractivity contribution in [1.29, 1.82) is 0 Å². The van der Waals surface area contributed by atoms with Gasteiger partial charge in [-0.2, -0.15) is 0 Å². The lowest BCUT2D eigenvalue weighted by Crippen LogP contribution is -2.29. The fourth-order valence-electron chi connectivity index (χ4n) is 1.99. The number of hydrogen-bond donors (Lipinski definition) is 1. The quantitative estimate of drug-likeness (QED) is 0.556. The summed E-state index contributed by atoms with van der Waals surface area (Å²) in [7, 11) is 0. The van der Waals surface area contributed by atoms with Gasteiger partial charge in [0.25, 0.3) is 0 Å². The van der Waals surface area contributed by atoms with Gasteiger partial charge in [0.2, 0.25) is 5.91 Å². The molecule has 0 aliphatic rings. The van der Waals surface area contributed by atoms with Gasteiger partial charge < -0.3 is 14.8 Å². The second-order valence-corrected chi connectivity index (χ2v) is 6.25. The molecule has 0 aromatic heterocycles. The van der Waals surface area contributed by atoms with Crippen LogP contribution in [0.5, 0.6) is 11.5 Å². The summed E-state index contributed by atoms with van der Waals surface area (Å²) in [5.74, 6) is 2.01. The van der Waals surface area contributed by atoms with Gasteiger partial charge in [-0.25, -0.2) is 0 Å². The Labute approximate surface area is 147 Å². The standard InChI is InChI=1S/C19H23NO3S/c1-3-22-16-6-8-17(9-7-16)23-13-12-20-19(21)14-24-18-10-4-15(2)5-11-18/h4-11H,3,12-14H2,1-2H3,(H,20,21). The zero-order chi connectivity index (χ0) is 17.2. The number of nitrogens with one attached hydrogen (secondary N) is 1. The van der Waals surface area contributed by atoms with E-state index in [2.05, 4.69) is 5.32 Å². The van der Waals surface area contributed by atoms with E-state index in [-0.39, 0.29) is 5.91 Å². The SMILES string of the molecule is CCOc1ccc(OCCNC(=O)CSc2ccc(C)cc2)cc1. The van der Waals surface area contributed by atoms with E-state index >= 15 is 0 Å². The molecule has 4 nitrogen and oxygen atoms in total. The van der Waals surface area contributed by atoms with Crippen molar-refractivity contribution in [3.05, 3.63) is 54.1 Å². The molecule has 0 bridgehead atoms. The third-order valence-corrected chi connectivity index (χ3v) is 4.23. The van der Waals surface area contributed by atoms with Gasteiger partial charge in [-0.15, -0.1) is 11.8 Å². The second-order valence-electron chi connectivity index (χ2n) is 5.20. The molecular weight excluding hydrogens is 322 g/mol. The smallest absolute Gasteiger partial charge is 0.230 e. The van der Waals surface area contributed by atoms with Gasteiger partial charge in [0.15, 0.2) is 0 Å². The Morgan fingerprint density at radius 1 is 1.00 bits per heavy atom. The molecule has 0 saturated carbocycles. The van der Waals surface area contributed by atoms with E-state index in [1.54, 1.807) is 0 Å². The summed E-state index contributed by atoms with van der Waals surface area (Å²) in [6.45, 7) is 5.57. The van der Waals surface area contributed by atoms with Gasteiger partial charge in [0.05, 0.1) is 18.9 Å². The van der Waals surface area contributed by atoms with Crippen molar-refractivity contribution in [3.8, 4) is 11.5 Å². The highest BCUT2D eigenvalue weighted by atomic mass is 32.2. The maximum atomic E-state index is 11.8. The lowest BCUT2D eigenvalue weighted by molar-refractivity contribution is -0.118. The van der Waals surface area contributed by atoms with E-state index in [9.17, 15) is 4.79 Å². The maximum absolute atomic E-state index is 11.8. The zero-order valence-electron chi connectivity index (χ0n) is 14.1. The Bertz CT molecular complexity index is 626. The van der Waals surface area contributed by atoms with Crippen LogP contribution in [0.4, 0.5) is 0 Å². The molecule has 0 unspecified atom stereocenters. The number of carbonyl (C=O) groups excluding carboxylic acids is 1. The minimum Gasteiger partial charge on any atom is -0.494 e. The largest absolute Gasteiger partial charge is 0.494 e. The lowest BCUT2D eigenvalue weighted by Gasteiger charge is -2.09. The van der Waals surface area contributed by atoms with Crippen LogP contribution in [0.15, 0.2) is 53.4 Å². The van der Waals surface area contributed by atoms with Crippen molar-refractivity contribution in [1.82, 2.24) is 5.32 Å². The third-order valence-electron chi connectivity index (χ3n) is 3.22. The van der Waals surface area contributed by atoms with Gasteiger partial charge in [-0.1, -0.05) is 17.7 Å². The summed E-state index contributed by atoms with van der Waals surface area (Å²) < 4.78 is 11.0. The normalized spacial score (nSPS) is 10.2. The molecule has 1 N–H and O–H groups in total. The molecule has 24 heavy (non-hydrogen) atoms. The summed E-state index contributed by atoms with van der Waals surface area (Å²) in [5.41, 5.74) is 1.22. The lowest BCUT2D eigenvalue weighted by atomic mass is 10.2. The molecule has 1 amide bonds. The molecule has 0 aliphatic heterocycles. The highest BCUT2D eigenvalue weighted by Gasteiger charge is 2.03. The van der Waals surface area contributed by atoms with E-state index in [0.29, 0.717) is 25.5 Å². The van der Waals surface area contributed by atoms with E-state index < -0.39 is 0 Å². The van der Waals surface area contributed by atoms with Crippen molar-refractivity contribution < 1.29 is 14.3 Å². The van der Waals surface area contributed by atoms with Gasteiger partial charge in [0, 0.05) is 4.90 Å². The first-order valence-corrected chi connectivity index (χ1v) is 8.98. The summed E-state index contributed by atoms with van der Waals surface area (Å²) in [6, 6.07) is 15.6. The summed E-state index contributed by atoms with van der Waals surface area (Å²) in [4.78, 5) is 12.9. The van der Waals surface area contributed by atoms with Gasteiger partial charge in [-0.05, 0) is 50.2 Å². The summed E-state index contributed by atoms with van der Waals surface area (Å²) >= 11 is 1.53. The highest BCUT2D eigenvalue weighted by Crippen LogP contribution is 2.18. The Hall–Kier alpha value is -2.14. The molecular formula is C19H23NO3S. The molecule has 0 spiro atoms. The number of carbonyl (C=O) groups is 1. The topological polar surface area (TPSA) is 47.6 Å². The third kappa shape index (κ3) is 6.54. The average Bonchev–Trinajstić information content (AvgIpc) is 2.60. The Kier molecular flexibility index (Phi) is 7.49. The molecule has 2 aromatic rings. The van der Waals surface area contributed by atoms with Crippen molar-refractivity contribution >= 4 is 17.7 Å². The molecule has 0 heterocycles. The second kappa shape index (κ2) is 9.88. The minimum absolute atomic E-state index is 0.0101. The molecule has 0 fully saturated rings. The minimum atomic E-state index is 0.0101. The van der Waals surface area contributed by atoms with Crippen molar-refractivity contribution in [2.24, 2.45) is 0 Å². The van der Waals surface area contributed by atoms with E-state index in [1.807, 2.05) is 62.4 Å². The van der Waals surface area contributed by atoms with Crippen LogP contribution >= 0.6 is 11.8 Å². The molecule has 0 radical (unpaired) electrons. The molecule has 2 aromatic carbocycles. The van der Waals surface area contributed by atoms with Crippen LogP contribution in [-0.2, 0) is 4.79 Å². The van der Waals surface area contributed by atoms with Crippen molar-refractivity contribution in [2.75, 3.05) is 25.5 Å². The number of thioether (sulfide) groups is 1. The van der Waals surface area contributed by atoms with Crippen molar-refractivity contribution in [3.63, 3.8) is 0 Å². The van der Waals surface area contributed by atoms with Gasteiger partial charge in [0.1, 0.15) is 18.1 Å². The van der Waals surface area contributed by atoms with Crippen molar-refractivity contribution in [2.45, 2.75) is 18.7 Å². The van der Waals surface area contributed by atoms with Crippen LogP contribution in [0, 0.1) is 6.92 Å². The van der Waals surface area contributed by atoms with Crippen LogP contribution < -0.4 is 14.8 Å². The molecule has 0 saturated heterocycles. The molecule has 0 aliphatic carbocycles. The van der Waals surface area contributed by atoms with Crippen LogP contribution in [0.3, 0.4) is 0 Å². The van der Waals surface area contributed by atoms with Crippen LogP contribution in [0.2, 0.25) is 0 Å². The number of amides is 1. The average molecular weight is 345 g/mol. The van der Waals surface area contributed by atoms with E-state index in [1.165, 1.54) is 17.3 Å². The molecule has 2 rings (SSSR count). The zero-order valence-corrected chi connectivity index (χ0v) is 14.9. The number of rotatable bonds is 9. The van der Waals surface area contributed by atoms with E-state index in [0.717, 1.165) is 16.4 Å². The molecule has 0 atom stereocenters. The summed E-state index contributed by atoms with van der Waals surface area (Å²) in [6.07, 6.45) is 0. The Morgan fingerprint density at radius 3 is 2.25 bits per heavy atom. The number of benzene rings is 2. The fourth-order valence-corrected chi connectivity index (χ4v) is 2.72. The Balaban J connectivity index is 1.61. The maximum Gasteiger partial charge on any atom is 0.230 e. The van der Waals surface area contributed by atoms with E-state index in [4.69, 9.17) is 9.47 Å². The molecule has 5 heteroatoms. The predicted molar refractivity (Wildman–Crippen MR) is 98.0 cm³/mol. The summed E-state index contributed by atoms with van der Waals surface area (Å²) in [5, 5.41) is 2.86. The molecule has 128 valence electrons. The number of hydrogen-bond acceptors (Lipinski definition) is 4. The fraction of sp³-hybridized carbons (Fsp3) is 0.316.